The van der Waals surface area contributed by atoms with Crippen LogP contribution in [0.1, 0.15) is 27.2 Å². The zero-order chi connectivity index (χ0) is 14.4. The molecule has 2 unspecified atom stereocenters. The van der Waals surface area contributed by atoms with E-state index in [-0.39, 0.29) is 5.41 Å². The third-order valence-electron chi connectivity index (χ3n) is 2.21. The van der Waals surface area contributed by atoms with Crippen LogP contribution in [0.3, 0.4) is 0 Å². The molecule has 0 bridgehead atoms. The first-order chi connectivity index (χ1) is 7.81. The number of ether oxygens (including phenoxy) is 2. The third-order valence-corrected chi connectivity index (χ3v) is 2.21. The van der Waals surface area contributed by atoms with Crippen molar-refractivity contribution in [3.8, 4) is 0 Å². The van der Waals surface area contributed by atoms with Gasteiger partial charge in [-0.25, -0.2) is 0 Å². The topological polar surface area (TPSA) is 21.8 Å². The molecule has 0 aromatic rings. The van der Waals surface area contributed by atoms with E-state index in [1.165, 1.54) is 0 Å². The SMILES string of the molecule is CC(C)(C)CC1OC1OC(C(F)(F)F)C(F)(F)F. The lowest BCUT2D eigenvalue weighted by Crippen LogP contribution is -2.45. The van der Waals surface area contributed by atoms with Gasteiger partial charge in [0.2, 0.25) is 0 Å². The molecule has 1 rings (SSSR count). The lowest BCUT2D eigenvalue weighted by molar-refractivity contribution is -0.329. The maximum absolute atomic E-state index is 12.2. The fourth-order valence-corrected chi connectivity index (χ4v) is 1.47. The van der Waals surface area contributed by atoms with Crippen molar-refractivity contribution in [2.24, 2.45) is 5.41 Å². The van der Waals surface area contributed by atoms with E-state index in [2.05, 4.69) is 4.74 Å². The summed E-state index contributed by atoms with van der Waals surface area (Å²) >= 11 is 0. The Labute approximate surface area is 100 Å². The Kier molecular flexibility index (Phi) is 3.94. The molecule has 0 amide bonds. The second kappa shape index (κ2) is 4.56. The maximum atomic E-state index is 12.2. The van der Waals surface area contributed by atoms with Gasteiger partial charge < -0.3 is 9.47 Å². The first-order valence-electron chi connectivity index (χ1n) is 5.25. The van der Waals surface area contributed by atoms with E-state index in [0.717, 1.165) is 0 Å². The van der Waals surface area contributed by atoms with E-state index < -0.39 is 30.9 Å². The lowest BCUT2D eigenvalue weighted by atomic mass is 9.90. The van der Waals surface area contributed by atoms with Crippen molar-refractivity contribution >= 4 is 0 Å². The third kappa shape index (κ3) is 4.64. The first-order valence-corrected chi connectivity index (χ1v) is 5.25. The molecular formula is C10H14F6O2. The Bertz CT molecular complexity index is 276. The Morgan fingerprint density at radius 1 is 1.00 bits per heavy atom. The van der Waals surface area contributed by atoms with Crippen molar-refractivity contribution < 1.29 is 35.8 Å². The van der Waals surface area contributed by atoms with Crippen molar-refractivity contribution in [2.75, 3.05) is 0 Å². The number of rotatable bonds is 3. The van der Waals surface area contributed by atoms with Gasteiger partial charge in [-0.15, -0.1) is 0 Å². The quantitative estimate of drug-likeness (QED) is 0.581. The van der Waals surface area contributed by atoms with Gasteiger partial charge in [-0.05, 0) is 11.8 Å². The van der Waals surface area contributed by atoms with Crippen LogP contribution in [0, 0.1) is 5.41 Å². The van der Waals surface area contributed by atoms with Crippen molar-refractivity contribution in [3.05, 3.63) is 0 Å². The maximum Gasteiger partial charge on any atom is 0.423 e. The van der Waals surface area contributed by atoms with E-state index in [0.29, 0.717) is 6.42 Å². The summed E-state index contributed by atoms with van der Waals surface area (Å²) in [5.74, 6) is 0. The summed E-state index contributed by atoms with van der Waals surface area (Å²) < 4.78 is 81.7. The Balaban J connectivity index is 2.56. The molecule has 0 saturated carbocycles. The van der Waals surface area contributed by atoms with Crippen LogP contribution in [-0.4, -0.2) is 30.9 Å². The summed E-state index contributed by atoms with van der Waals surface area (Å²) in [5, 5.41) is 0. The van der Waals surface area contributed by atoms with Crippen LogP contribution in [0.2, 0.25) is 0 Å². The van der Waals surface area contributed by atoms with Crippen LogP contribution < -0.4 is 0 Å². The van der Waals surface area contributed by atoms with Crippen molar-refractivity contribution in [1.29, 1.82) is 0 Å². The predicted octanol–water partition coefficient (Wildman–Crippen LogP) is 3.66. The van der Waals surface area contributed by atoms with Crippen molar-refractivity contribution in [2.45, 2.75) is 58.0 Å². The minimum Gasteiger partial charge on any atom is -0.341 e. The highest BCUT2D eigenvalue weighted by atomic mass is 19.4. The number of hydrogen-bond donors (Lipinski definition) is 0. The molecule has 0 spiro atoms. The fourth-order valence-electron chi connectivity index (χ4n) is 1.47. The molecule has 1 fully saturated rings. The molecule has 1 aliphatic heterocycles. The molecule has 2 atom stereocenters. The zero-order valence-electron chi connectivity index (χ0n) is 10.0. The highest BCUT2D eigenvalue weighted by Crippen LogP contribution is 2.41. The highest BCUT2D eigenvalue weighted by molar-refractivity contribution is 4.86. The van der Waals surface area contributed by atoms with Gasteiger partial charge in [-0.3, -0.25) is 0 Å². The molecule has 1 aliphatic rings. The van der Waals surface area contributed by atoms with E-state index in [4.69, 9.17) is 4.74 Å². The molecule has 1 heterocycles. The van der Waals surface area contributed by atoms with Crippen LogP contribution in [0.5, 0.6) is 0 Å². The monoisotopic (exact) mass is 280 g/mol. The second-order valence-electron chi connectivity index (χ2n) is 5.41. The molecule has 0 aliphatic carbocycles. The van der Waals surface area contributed by atoms with Gasteiger partial charge in [-0.2, -0.15) is 26.3 Å². The van der Waals surface area contributed by atoms with Crippen LogP contribution in [-0.2, 0) is 9.47 Å². The zero-order valence-corrected chi connectivity index (χ0v) is 10.0. The Morgan fingerprint density at radius 2 is 1.44 bits per heavy atom. The molecule has 0 aromatic carbocycles. The molecule has 8 heteroatoms. The summed E-state index contributed by atoms with van der Waals surface area (Å²) in [7, 11) is 0. The molecule has 108 valence electrons. The van der Waals surface area contributed by atoms with Gasteiger partial charge in [0, 0.05) is 0 Å². The van der Waals surface area contributed by atoms with E-state index >= 15 is 0 Å². The first kappa shape index (κ1) is 15.6. The van der Waals surface area contributed by atoms with Crippen LogP contribution in [0.4, 0.5) is 26.3 Å². The highest BCUT2D eigenvalue weighted by Gasteiger charge is 2.61. The molecule has 0 N–H and O–H groups in total. The number of hydrogen-bond acceptors (Lipinski definition) is 2. The fraction of sp³-hybridized carbons (Fsp3) is 1.00. The smallest absolute Gasteiger partial charge is 0.341 e. The Hall–Kier alpha value is -0.500. The molecule has 18 heavy (non-hydrogen) atoms. The molecule has 1 saturated heterocycles. The van der Waals surface area contributed by atoms with E-state index in [1.807, 2.05) is 0 Å². The van der Waals surface area contributed by atoms with Crippen LogP contribution >= 0.6 is 0 Å². The average molecular weight is 280 g/mol. The van der Waals surface area contributed by atoms with E-state index in [1.54, 1.807) is 20.8 Å². The minimum atomic E-state index is -5.49. The normalized spacial score (nSPS) is 25.7. The van der Waals surface area contributed by atoms with Gasteiger partial charge in [0.15, 0.2) is 6.29 Å². The van der Waals surface area contributed by atoms with Gasteiger partial charge in [0.25, 0.3) is 6.10 Å². The number of halogens is 6. The van der Waals surface area contributed by atoms with Crippen LogP contribution in [0.15, 0.2) is 0 Å². The van der Waals surface area contributed by atoms with Crippen molar-refractivity contribution in [1.82, 2.24) is 0 Å². The largest absolute Gasteiger partial charge is 0.423 e. The van der Waals surface area contributed by atoms with Crippen LogP contribution in [0.25, 0.3) is 0 Å². The molecule has 0 aromatic heterocycles. The number of alkyl halides is 6. The molecule has 2 nitrogen and oxygen atoms in total. The van der Waals surface area contributed by atoms with Gasteiger partial charge in [-0.1, -0.05) is 20.8 Å². The van der Waals surface area contributed by atoms with E-state index in [9.17, 15) is 26.3 Å². The standard InChI is InChI=1S/C10H14F6O2/c1-8(2,3)4-5-6(17-5)18-7(9(11,12)13)10(14,15)16/h5-7H,4H2,1-3H3. The molecular weight excluding hydrogens is 266 g/mol. The summed E-state index contributed by atoms with van der Waals surface area (Å²) in [6.45, 7) is 5.41. The van der Waals surface area contributed by atoms with Gasteiger partial charge in [0.1, 0.15) is 6.10 Å². The Morgan fingerprint density at radius 3 is 1.78 bits per heavy atom. The van der Waals surface area contributed by atoms with Gasteiger partial charge >= 0.3 is 12.4 Å². The molecule has 0 radical (unpaired) electrons. The lowest BCUT2D eigenvalue weighted by Gasteiger charge is -2.22. The van der Waals surface area contributed by atoms with Crippen molar-refractivity contribution in [3.63, 3.8) is 0 Å². The minimum absolute atomic E-state index is 0.255. The second-order valence-corrected chi connectivity index (χ2v) is 5.41. The summed E-state index contributed by atoms with van der Waals surface area (Å²) in [4.78, 5) is 0. The number of epoxide rings is 1. The van der Waals surface area contributed by atoms with Gasteiger partial charge in [0.05, 0.1) is 0 Å². The summed E-state index contributed by atoms with van der Waals surface area (Å²) in [6.07, 6.45) is -16.6. The summed E-state index contributed by atoms with van der Waals surface area (Å²) in [6, 6.07) is 0. The predicted molar refractivity (Wildman–Crippen MR) is 49.7 cm³/mol. The average Bonchev–Trinajstić information content (AvgIpc) is 2.71. The summed E-state index contributed by atoms with van der Waals surface area (Å²) in [5.41, 5.74) is -0.255.